The van der Waals surface area contributed by atoms with E-state index >= 15 is 0 Å². The van der Waals surface area contributed by atoms with E-state index in [0.29, 0.717) is 23.7 Å². The minimum Gasteiger partial charge on any atom is -0.507 e. The van der Waals surface area contributed by atoms with Gasteiger partial charge >= 0.3 is 5.63 Å². The average molecular weight is 417 g/mol. The molecule has 1 N–H and O–H groups in total. The van der Waals surface area contributed by atoms with Crippen molar-refractivity contribution in [3.63, 3.8) is 0 Å². The van der Waals surface area contributed by atoms with Crippen LogP contribution < -0.4 is 5.63 Å². The summed E-state index contributed by atoms with van der Waals surface area (Å²) in [6.07, 6.45) is 6.29. The van der Waals surface area contributed by atoms with Gasteiger partial charge in [-0.3, -0.25) is 0 Å². The van der Waals surface area contributed by atoms with Crippen LogP contribution in [0, 0.1) is 0 Å². The first-order chi connectivity index (χ1) is 15.1. The molecule has 3 nitrogen and oxygen atoms in total. The van der Waals surface area contributed by atoms with Gasteiger partial charge in [-0.25, -0.2) is 4.79 Å². The van der Waals surface area contributed by atoms with Crippen LogP contribution in [0.25, 0.3) is 0 Å². The second-order valence-corrected chi connectivity index (χ2v) is 8.88. The minimum absolute atomic E-state index is 0.0582. The van der Waals surface area contributed by atoms with E-state index in [9.17, 15) is 9.90 Å². The quantitative estimate of drug-likeness (QED) is 0.433. The maximum atomic E-state index is 13.0. The summed E-state index contributed by atoms with van der Waals surface area (Å²) < 4.78 is 5.90. The fourth-order valence-electron chi connectivity index (χ4n) is 4.71. The summed E-state index contributed by atoms with van der Waals surface area (Å²) in [5, 5.41) is 10.9. The van der Waals surface area contributed by atoms with Crippen molar-refractivity contribution in [3.8, 4) is 5.75 Å². The molecular weight excluding hydrogens is 384 g/mol. The molecule has 0 spiro atoms. The Kier molecular flexibility index (Phi) is 6.31. The Morgan fingerprint density at radius 2 is 1.68 bits per heavy atom. The highest BCUT2D eigenvalue weighted by Crippen LogP contribution is 2.42. The van der Waals surface area contributed by atoms with Crippen molar-refractivity contribution in [1.82, 2.24) is 0 Å². The van der Waals surface area contributed by atoms with Gasteiger partial charge in [-0.05, 0) is 61.1 Å². The Morgan fingerprint density at radius 3 is 2.32 bits per heavy atom. The number of aryl methyl sites for hydroxylation is 1. The van der Waals surface area contributed by atoms with Crippen molar-refractivity contribution in [1.29, 1.82) is 0 Å². The molecule has 0 unspecified atom stereocenters. The third kappa shape index (κ3) is 4.61. The highest BCUT2D eigenvalue weighted by molar-refractivity contribution is 5.41. The molecule has 0 radical (unpaired) electrons. The van der Waals surface area contributed by atoms with Gasteiger partial charge in [0.2, 0.25) is 0 Å². The molecule has 0 saturated heterocycles. The monoisotopic (exact) mass is 416 g/mol. The van der Waals surface area contributed by atoms with Crippen LogP contribution in [0.5, 0.6) is 5.75 Å². The molecule has 0 atom stereocenters. The fourth-order valence-corrected chi connectivity index (χ4v) is 4.71. The van der Waals surface area contributed by atoms with Gasteiger partial charge < -0.3 is 9.52 Å². The molecule has 1 aromatic heterocycles. The van der Waals surface area contributed by atoms with Crippen molar-refractivity contribution < 1.29 is 9.52 Å². The number of aromatic hydroxyl groups is 1. The Bertz CT molecular complexity index is 1070. The van der Waals surface area contributed by atoms with E-state index in [1.165, 1.54) is 24.0 Å². The van der Waals surface area contributed by atoms with E-state index in [2.05, 4.69) is 50.2 Å². The van der Waals surface area contributed by atoms with Crippen molar-refractivity contribution in [3.05, 3.63) is 99.1 Å². The zero-order valence-electron chi connectivity index (χ0n) is 18.6. The molecule has 1 heterocycles. The summed E-state index contributed by atoms with van der Waals surface area (Å²) in [5.41, 5.74) is 3.37. The second-order valence-electron chi connectivity index (χ2n) is 8.88. The van der Waals surface area contributed by atoms with Gasteiger partial charge in [0.1, 0.15) is 11.5 Å². The zero-order valence-corrected chi connectivity index (χ0v) is 18.6. The predicted octanol–water partition coefficient (Wildman–Crippen LogP) is 6.50. The number of hydrogen-bond donors (Lipinski definition) is 1. The summed E-state index contributed by atoms with van der Waals surface area (Å²) >= 11 is 0. The first-order valence-electron chi connectivity index (χ1n) is 11.5. The molecular formula is C28H32O3. The van der Waals surface area contributed by atoms with Crippen LogP contribution in [-0.4, -0.2) is 5.11 Å². The largest absolute Gasteiger partial charge is 0.507 e. The first-order valence-corrected chi connectivity index (χ1v) is 11.5. The van der Waals surface area contributed by atoms with E-state index in [1.54, 1.807) is 6.07 Å². The first kappa shape index (κ1) is 21.4. The molecule has 0 aliphatic heterocycles. The van der Waals surface area contributed by atoms with Gasteiger partial charge in [0.25, 0.3) is 0 Å². The average Bonchev–Trinajstić information content (AvgIpc) is 3.64. The highest BCUT2D eigenvalue weighted by atomic mass is 16.4. The molecule has 162 valence electrons. The van der Waals surface area contributed by atoms with Crippen LogP contribution in [-0.2, 0) is 18.3 Å². The van der Waals surface area contributed by atoms with E-state index in [-0.39, 0.29) is 11.2 Å². The highest BCUT2D eigenvalue weighted by Gasteiger charge is 2.33. The summed E-state index contributed by atoms with van der Waals surface area (Å²) in [7, 11) is 0. The van der Waals surface area contributed by atoms with E-state index in [4.69, 9.17) is 4.42 Å². The summed E-state index contributed by atoms with van der Waals surface area (Å²) in [6.45, 7) is 4.26. The number of rotatable bonds is 9. The molecule has 1 aliphatic carbocycles. The van der Waals surface area contributed by atoms with Crippen molar-refractivity contribution in [2.75, 3.05) is 0 Å². The normalized spacial score (nSPS) is 14.0. The van der Waals surface area contributed by atoms with Crippen LogP contribution >= 0.6 is 0 Å². The molecule has 2 aromatic carbocycles. The van der Waals surface area contributed by atoms with Gasteiger partial charge in [0, 0.05) is 17.9 Å². The Hall–Kier alpha value is -2.81. The van der Waals surface area contributed by atoms with Crippen molar-refractivity contribution in [2.24, 2.45) is 0 Å². The van der Waals surface area contributed by atoms with Crippen LogP contribution in [0.3, 0.4) is 0 Å². The smallest absolute Gasteiger partial charge is 0.343 e. The lowest BCUT2D eigenvalue weighted by Gasteiger charge is -2.30. The third-order valence-electron chi connectivity index (χ3n) is 7.08. The zero-order chi connectivity index (χ0) is 21.8. The van der Waals surface area contributed by atoms with Crippen LogP contribution in [0.15, 0.2) is 69.9 Å². The van der Waals surface area contributed by atoms with Gasteiger partial charge in [-0.15, -0.1) is 0 Å². The van der Waals surface area contributed by atoms with Crippen molar-refractivity contribution in [2.45, 2.75) is 70.1 Å². The maximum Gasteiger partial charge on any atom is 0.343 e. The van der Waals surface area contributed by atoms with E-state index in [1.807, 2.05) is 18.2 Å². The van der Waals surface area contributed by atoms with E-state index in [0.717, 1.165) is 31.2 Å². The molecule has 3 aromatic rings. The van der Waals surface area contributed by atoms with Gasteiger partial charge in [0.05, 0.1) is 5.56 Å². The maximum absolute atomic E-state index is 13.0. The molecule has 1 saturated carbocycles. The minimum atomic E-state index is -0.411. The molecule has 3 heteroatoms. The Labute approximate surface area is 184 Å². The molecule has 4 rings (SSSR count). The Morgan fingerprint density at radius 1 is 1.00 bits per heavy atom. The lowest BCUT2D eigenvalue weighted by molar-refractivity contribution is 0.272. The summed E-state index contributed by atoms with van der Waals surface area (Å²) in [5.74, 6) is 1.26. The lowest BCUT2D eigenvalue weighted by atomic mass is 9.75. The van der Waals surface area contributed by atoms with Gasteiger partial charge in [-0.1, -0.05) is 68.4 Å². The molecule has 31 heavy (non-hydrogen) atoms. The summed E-state index contributed by atoms with van der Waals surface area (Å²) in [4.78, 5) is 13.0. The van der Waals surface area contributed by atoms with Crippen LogP contribution in [0.4, 0.5) is 0 Å². The molecule has 1 fully saturated rings. The lowest BCUT2D eigenvalue weighted by Crippen LogP contribution is -2.27. The summed E-state index contributed by atoms with van der Waals surface area (Å²) in [6, 6.07) is 20.3. The fraction of sp³-hybridized carbons (Fsp3) is 0.393. The van der Waals surface area contributed by atoms with Crippen LogP contribution in [0.1, 0.15) is 79.9 Å². The molecule has 1 aliphatic rings. The van der Waals surface area contributed by atoms with Gasteiger partial charge in [-0.2, -0.15) is 0 Å². The standard InChI is InChI=1S/C28H32O3/c1-3-28(4-2,17-16-20-10-6-5-7-11-20)26-19-25(29)24(27(30)31-26)18-22-12-8-9-13-23(22)21-14-15-21/h5-13,19,21,29H,3-4,14-18H2,1-2H3. The Balaban J connectivity index is 1.62. The van der Waals surface area contributed by atoms with Crippen molar-refractivity contribution >= 4 is 0 Å². The van der Waals surface area contributed by atoms with Crippen LogP contribution in [0.2, 0.25) is 0 Å². The van der Waals surface area contributed by atoms with E-state index < -0.39 is 5.63 Å². The van der Waals surface area contributed by atoms with Gasteiger partial charge in [0.15, 0.2) is 0 Å². The molecule has 0 bridgehead atoms. The molecule has 0 amide bonds. The SMILES string of the molecule is CCC(CC)(CCc1ccccc1)c1cc(O)c(Cc2ccccc2C2CC2)c(=O)o1. The third-order valence-corrected chi connectivity index (χ3v) is 7.08. The predicted molar refractivity (Wildman–Crippen MR) is 125 cm³/mol. The second kappa shape index (κ2) is 9.13. The topological polar surface area (TPSA) is 50.4 Å². The number of benzene rings is 2. The number of hydrogen-bond acceptors (Lipinski definition) is 3.